The summed E-state index contributed by atoms with van der Waals surface area (Å²) in [6.45, 7) is 24.0. The minimum absolute atomic E-state index is 0.0583. The highest BCUT2D eigenvalue weighted by Gasteiger charge is 2.58. The highest BCUT2D eigenvalue weighted by atomic mass is 14.6. The van der Waals surface area contributed by atoms with Crippen molar-refractivity contribution in [1.29, 1.82) is 0 Å². The number of rotatable bonds is 8. The Morgan fingerprint density at radius 2 is 1.40 bits per heavy atom. The molecule has 0 aliphatic heterocycles. The maximum absolute atomic E-state index is 5.15. The van der Waals surface area contributed by atoms with E-state index in [-0.39, 0.29) is 5.41 Å². The molecule has 0 heterocycles. The molecule has 5 rings (SSSR count). The van der Waals surface area contributed by atoms with Crippen LogP contribution in [0.25, 0.3) is 0 Å². The number of allylic oxidation sites excluding steroid dienone is 9. The third-order valence-corrected chi connectivity index (χ3v) is 10.9. The summed E-state index contributed by atoms with van der Waals surface area (Å²) in [7, 11) is 0. The van der Waals surface area contributed by atoms with Gasteiger partial charge < -0.3 is 5.73 Å². The molecule has 3 aromatic carbocycles. The van der Waals surface area contributed by atoms with Crippen LogP contribution in [0.4, 0.5) is 0 Å². The average molecular weight is 642 g/mol. The summed E-state index contributed by atoms with van der Waals surface area (Å²) in [5.74, 6) is 2.68. The second-order valence-electron chi connectivity index (χ2n) is 13.6. The second kappa shape index (κ2) is 18.6. The molecule has 1 heteroatoms. The lowest BCUT2D eigenvalue weighted by atomic mass is 9.55. The molecule has 3 aromatic rings. The van der Waals surface area contributed by atoms with Gasteiger partial charge in [0.15, 0.2) is 0 Å². The lowest BCUT2D eigenvalue weighted by Gasteiger charge is -2.49. The van der Waals surface area contributed by atoms with Gasteiger partial charge in [0.2, 0.25) is 0 Å². The van der Waals surface area contributed by atoms with Crippen molar-refractivity contribution in [3.8, 4) is 0 Å². The van der Waals surface area contributed by atoms with Gasteiger partial charge in [-0.2, -0.15) is 0 Å². The fourth-order valence-electron chi connectivity index (χ4n) is 8.66. The monoisotopic (exact) mass is 641 g/mol. The Morgan fingerprint density at radius 1 is 0.854 bits per heavy atom. The Balaban J connectivity index is 0.000000818. The van der Waals surface area contributed by atoms with E-state index >= 15 is 0 Å². The van der Waals surface area contributed by atoms with Gasteiger partial charge >= 0.3 is 0 Å². The second-order valence-corrected chi connectivity index (χ2v) is 13.6. The van der Waals surface area contributed by atoms with Crippen LogP contribution >= 0.6 is 0 Å². The quantitative estimate of drug-likeness (QED) is 0.192. The maximum Gasteiger partial charge on any atom is 0.00617 e. The van der Waals surface area contributed by atoms with Gasteiger partial charge in [0, 0.05) is 11.1 Å². The first-order chi connectivity index (χ1) is 23.2. The molecule has 1 fully saturated rings. The third kappa shape index (κ3) is 8.41. The molecule has 0 saturated heterocycles. The topological polar surface area (TPSA) is 26.0 Å². The molecular weight excluding hydrogens is 579 g/mol. The summed E-state index contributed by atoms with van der Waals surface area (Å²) in [5.41, 5.74) is 14.7. The first-order valence-corrected chi connectivity index (χ1v) is 18.4. The number of aryl methyl sites for hydroxylation is 1. The lowest BCUT2D eigenvalue weighted by Crippen LogP contribution is -2.40. The Kier molecular flexibility index (Phi) is 15.0. The van der Waals surface area contributed by atoms with Gasteiger partial charge in [0.1, 0.15) is 0 Å². The maximum atomic E-state index is 5.15. The minimum atomic E-state index is -0.0583. The summed E-state index contributed by atoms with van der Waals surface area (Å²) >= 11 is 0. The van der Waals surface area contributed by atoms with Gasteiger partial charge in [-0.25, -0.2) is 0 Å². The molecular formula is C47H63N. The molecule has 0 amide bonds. The molecule has 1 nitrogen and oxygen atoms in total. The zero-order chi connectivity index (χ0) is 35.3. The zero-order valence-electron chi connectivity index (χ0n) is 31.4. The first kappa shape index (κ1) is 38.6. The Hall–Kier alpha value is -3.84. The van der Waals surface area contributed by atoms with E-state index in [0.717, 1.165) is 18.5 Å². The van der Waals surface area contributed by atoms with E-state index in [1.54, 1.807) is 0 Å². The molecule has 2 N–H and O–H groups in total. The summed E-state index contributed by atoms with van der Waals surface area (Å²) in [4.78, 5) is 0. The number of benzene rings is 3. The highest BCUT2D eigenvalue weighted by molar-refractivity contribution is 5.47. The van der Waals surface area contributed by atoms with Crippen molar-refractivity contribution in [3.05, 3.63) is 167 Å². The molecule has 256 valence electrons. The van der Waals surface area contributed by atoms with Crippen LogP contribution in [0.3, 0.4) is 0 Å². The van der Waals surface area contributed by atoms with Crippen LogP contribution in [0.15, 0.2) is 145 Å². The molecule has 1 saturated carbocycles. The van der Waals surface area contributed by atoms with E-state index in [0.29, 0.717) is 35.5 Å². The van der Waals surface area contributed by atoms with Crippen molar-refractivity contribution < 1.29 is 0 Å². The van der Waals surface area contributed by atoms with Crippen LogP contribution in [-0.4, -0.2) is 0 Å². The van der Waals surface area contributed by atoms with E-state index < -0.39 is 0 Å². The SMILES string of the molecule is C/C=C(\C)N.C=C/C(=C(\C=C/C)CC)C1(C2C=CC(C)CC2c2ccccc2)CC(c2ccccc2)C(c2ccccc2C)C1C.CC. The highest BCUT2D eigenvalue weighted by Crippen LogP contribution is 2.68. The van der Waals surface area contributed by atoms with Crippen LogP contribution in [-0.2, 0) is 0 Å². The molecule has 7 atom stereocenters. The third-order valence-electron chi connectivity index (χ3n) is 10.9. The van der Waals surface area contributed by atoms with Crippen LogP contribution in [0.2, 0.25) is 0 Å². The van der Waals surface area contributed by atoms with Crippen LogP contribution in [0.1, 0.15) is 115 Å². The molecule has 0 spiro atoms. The van der Waals surface area contributed by atoms with E-state index in [2.05, 4.69) is 157 Å². The van der Waals surface area contributed by atoms with Gasteiger partial charge in [-0.1, -0.05) is 163 Å². The molecule has 7 unspecified atom stereocenters. The lowest BCUT2D eigenvalue weighted by molar-refractivity contribution is 0.148. The van der Waals surface area contributed by atoms with Crippen molar-refractivity contribution in [2.24, 2.45) is 28.9 Å². The Labute approximate surface area is 294 Å². The minimum Gasteiger partial charge on any atom is -0.403 e. The van der Waals surface area contributed by atoms with Gasteiger partial charge in [-0.3, -0.25) is 0 Å². The molecule has 48 heavy (non-hydrogen) atoms. The van der Waals surface area contributed by atoms with Gasteiger partial charge in [0.05, 0.1) is 0 Å². The molecule has 0 aromatic heterocycles. The van der Waals surface area contributed by atoms with Crippen molar-refractivity contribution in [2.75, 3.05) is 0 Å². The molecule has 0 radical (unpaired) electrons. The van der Waals surface area contributed by atoms with Crippen molar-refractivity contribution >= 4 is 0 Å². The summed E-state index contributed by atoms with van der Waals surface area (Å²) in [6, 6.07) is 31.8. The van der Waals surface area contributed by atoms with Crippen molar-refractivity contribution in [1.82, 2.24) is 0 Å². The van der Waals surface area contributed by atoms with Gasteiger partial charge in [-0.05, 0) is 116 Å². The summed E-state index contributed by atoms with van der Waals surface area (Å²) in [5, 5.41) is 0. The predicted molar refractivity (Wildman–Crippen MR) is 212 cm³/mol. The van der Waals surface area contributed by atoms with Crippen molar-refractivity contribution in [3.63, 3.8) is 0 Å². The van der Waals surface area contributed by atoms with E-state index in [1.807, 2.05) is 33.8 Å². The average Bonchev–Trinajstić information content (AvgIpc) is 3.42. The molecule has 2 aliphatic rings. The standard InChI is InChI=1S/C41H48.C4H9N.C2H6/c1-7-18-32(8-2)38(9-3)41(39-26-25-29(4)27-36(39)33-20-12-10-13-21-33)28-37(34-22-14-11-15-23-34)40(31(41)6)35-24-17-16-19-30(35)5;1-3-4(2)5;1-2/h7,9-26,29,31,36-37,39-40H,3,8,27-28H2,1-2,4-6H3;3H,5H2,1-2H3;1-2H3/b18-7-,38-32+;4-3+;. The fraction of sp³-hybridized carbons (Fsp3) is 0.404. The summed E-state index contributed by atoms with van der Waals surface area (Å²) in [6.07, 6.45) is 17.1. The van der Waals surface area contributed by atoms with E-state index in [1.165, 1.54) is 39.8 Å². The van der Waals surface area contributed by atoms with Gasteiger partial charge in [0.25, 0.3) is 0 Å². The molecule has 2 aliphatic carbocycles. The number of hydrogen-bond acceptors (Lipinski definition) is 1. The van der Waals surface area contributed by atoms with Crippen LogP contribution in [0, 0.1) is 30.1 Å². The van der Waals surface area contributed by atoms with E-state index in [9.17, 15) is 0 Å². The Bertz CT molecular complexity index is 1530. The van der Waals surface area contributed by atoms with E-state index in [4.69, 9.17) is 5.73 Å². The first-order valence-electron chi connectivity index (χ1n) is 18.4. The number of nitrogens with two attached hydrogens (primary N) is 1. The van der Waals surface area contributed by atoms with Crippen molar-refractivity contribution in [2.45, 2.75) is 99.3 Å². The smallest absolute Gasteiger partial charge is 0.00617 e. The van der Waals surface area contributed by atoms with Crippen LogP contribution in [0.5, 0.6) is 0 Å². The number of hydrogen-bond donors (Lipinski definition) is 1. The largest absolute Gasteiger partial charge is 0.403 e. The normalized spacial score (nSPS) is 27.3. The molecule has 0 bridgehead atoms. The van der Waals surface area contributed by atoms with Crippen LogP contribution < -0.4 is 5.73 Å². The van der Waals surface area contributed by atoms with Gasteiger partial charge in [-0.15, -0.1) is 0 Å². The zero-order valence-corrected chi connectivity index (χ0v) is 31.4. The Morgan fingerprint density at radius 3 is 1.90 bits per heavy atom. The fourth-order valence-corrected chi connectivity index (χ4v) is 8.66. The summed E-state index contributed by atoms with van der Waals surface area (Å²) < 4.78 is 0. The predicted octanol–water partition coefficient (Wildman–Crippen LogP) is 13.2.